The number of carbonyl (C=O) groups excluding carboxylic acids is 1. The number of carboxylic acids is 1. The lowest BCUT2D eigenvalue weighted by Gasteiger charge is -2.29. The van der Waals surface area contributed by atoms with Crippen molar-refractivity contribution in [3.63, 3.8) is 0 Å². The molecule has 0 saturated heterocycles. The van der Waals surface area contributed by atoms with Crippen LogP contribution in [0.5, 0.6) is 5.75 Å². The molecule has 0 radical (unpaired) electrons. The van der Waals surface area contributed by atoms with Gasteiger partial charge in [-0.1, -0.05) is 25.1 Å². The number of fused-ring (bicyclic) bond motifs is 1. The third-order valence-electron chi connectivity index (χ3n) is 3.57. The molecule has 1 aliphatic heterocycles. The fraction of sp³-hybridized carbons (Fsp3) is 0.467. The Labute approximate surface area is 118 Å². The minimum atomic E-state index is -0.894. The molecule has 1 heterocycles. The molecule has 5 heteroatoms. The molecule has 2 unspecified atom stereocenters. The molecule has 0 aliphatic carbocycles. The van der Waals surface area contributed by atoms with E-state index in [2.05, 4.69) is 0 Å². The highest BCUT2D eigenvalue weighted by Crippen LogP contribution is 2.27. The summed E-state index contributed by atoms with van der Waals surface area (Å²) in [4.78, 5) is 24.6. The fourth-order valence-electron chi connectivity index (χ4n) is 2.38. The SMILES string of the molecule is CC(CN(C)C(=O)C1COc2ccccc2C1)C(=O)O. The van der Waals surface area contributed by atoms with Crippen LogP contribution in [0.2, 0.25) is 0 Å². The molecule has 5 nitrogen and oxygen atoms in total. The van der Waals surface area contributed by atoms with Gasteiger partial charge >= 0.3 is 5.97 Å². The Morgan fingerprint density at radius 3 is 2.85 bits per heavy atom. The van der Waals surface area contributed by atoms with E-state index in [0.29, 0.717) is 13.0 Å². The van der Waals surface area contributed by atoms with Gasteiger partial charge in [0, 0.05) is 13.6 Å². The summed E-state index contributed by atoms with van der Waals surface area (Å²) >= 11 is 0. The van der Waals surface area contributed by atoms with Gasteiger partial charge in [-0.15, -0.1) is 0 Å². The van der Waals surface area contributed by atoms with Crippen LogP contribution < -0.4 is 4.74 Å². The molecule has 0 aromatic heterocycles. The smallest absolute Gasteiger partial charge is 0.308 e. The molecule has 2 rings (SSSR count). The minimum absolute atomic E-state index is 0.0624. The highest BCUT2D eigenvalue weighted by Gasteiger charge is 2.29. The quantitative estimate of drug-likeness (QED) is 0.903. The zero-order valence-electron chi connectivity index (χ0n) is 11.7. The van der Waals surface area contributed by atoms with Crippen molar-refractivity contribution in [3.05, 3.63) is 29.8 Å². The van der Waals surface area contributed by atoms with Gasteiger partial charge in [0.1, 0.15) is 12.4 Å². The second kappa shape index (κ2) is 5.94. The first-order valence-corrected chi connectivity index (χ1v) is 6.67. The van der Waals surface area contributed by atoms with E-state index in [4.69, 9.17) is 9.84 Å². The molecule has 108 valence electrons. The molecule has 0 bridgehead atoms. The Morgan fingerprint density at radius 2 is 2.15 bits per heavy atom. The first-order chi connectivity index (χ1) is 9.49. The van der Waals surface area contributed by atoms with Gasteiger partial charge in [0.05, 0.1) is 11.8 Å². The Kier molecular flexibility index (Phi) is 4.27. The lowest BCUT2D eigenvalue weighted by atomic mass is 9.95. The molecule has 0 saturated carbocycles. The predicted molar refractivity (Wildman–Crippen MR) is 73.6 cm³/mol. The zero-order valence-corrected chi connectivity index (χ0v) is 11.7. The maximum Gasteiger partial charge on any atom is 0.308 e. The molecule has 0 spiro atoms. The summed E-state index contributed by atoms with van der Waals surface area (Å²) in [7, 11) is 1.64. The highest BCUT2D eigenvalue weighted by molar-refractivity contribution is 5.80. The van der Waals surface area contributed by atoms with Crippen LogP contribution in [0.15, 0.2) is 24.3 Å². The Bertz CT molecular complexity index is 514. The van der Waals surface area contributed by atoms with Crippen LogP contribution in [0.1, 0.15) is 12.5 Å². The van der Waals surface area contributed by atoms with Crippen molar-refractivity contribution in [2.75, 3.05) is 20.2 Å². The van der Waals surface area contributed by atoms with Crippen LogP contribution in [0, 0.1) is 11.8 Å². The van der Waals surface area contributed by atoms with Crippen LogP contribution in [-0.2, 0) is 16.0 Å². The van der Waals surface area contributed by atoms with E-state index in [1.54, 1.807) is 14.0 Å². The number of carboxylic acid groups (broad SMARTS) is 1. The first kappa shape index (κ1) is 14.4. The number of benzene rings is 1. The maximum atomic E-state index is 12.3. The number of nitrogens with zero attached hydrogens (tertiary/aromatic N) is 1. The summed E-state index contributed by atoms with van der Waals surface area (Å²) in [5, 5.41) is 8.89. The largest absolute Gasteiger partial charge is 0.492 e. The van der Waals surface area contributed by atoms with Crippen LogP contribution in [0.4, 0.5) is 0 Å². The zero-order chi connectivity index (χ0) is 14.7. The summed E-state index contributed by atoms with van der Waals surface area (Å²) in [6.07, 6.45) is 0.640. The number of hydrogen-bond donors (Lipinski definition) is 1. The summed E-state index contributed by atoms with van der Waals surface area (Å²) in [5.41, 5.74) is 1.02. The second-order valence-corrected chi connectivity index (χ2v) is 5.28. The predicted octanol–water partition coefficient (Wildman–Crippen LogP) is 1.42. The van der Waals surface area contributed by atoms with E-state index in [9.17, 15) is 9.59 Å². The average Bonchev–Trinajstić information content (AvgIpc) is 2.45. The fourth-order valence-corrected chi connectivity index (χ4v) is 2.38. The van der Waals surface area contributed by atoms with Crippen molar-refractivity contribution >= 4 is 11.9 Å². The van der Waals surface area contributed by atoms with Crippen LogP contribution >= 0.6 is 0 Å². The van der Waals surface area contributed by atoms with Gasteiger partial charge < -0.3 is 14.7 Å². The van der Waals surface area contributed by atoms with E-state index in [-0.39, 0.29) is 18.4 Å². The van der Waals surface area contributed by atoms with Gasteiger partial charge in [0.15, 0.2) is 0 Å². The lowest BCUT2D eigenvalue weighted by molar-refractivity contribution is -0.143. The molecule has 1 aromatic rings. The van der Waals surface area contributed by atoms with E-state index >= 15 is 0 Å². The molecule has 0 fully saturated rings. The van der Waals surface area contributed by atoms with Crippen molar-refractivity contribution in [1.82, 2.24) is 4.90 Å². The molecule has 1 amide bonds. The van der Waals surface area contributed by atoms with Gasteiger partial charge in [-0.05, 0) is 18.1 Å². The standard InChI is InChI=1S/C15H19NO4/c1-10(15(18)19)8-16(2)14(17)12-7-11-5-3-4-6-13(11)20-9-12/h3-6,10,12H,7-9H2,1-2H3,(H,18,19). The van der Waals surface area contributed by atoms with Crippen molar-refractivity contribution in [2.45, 2.75) is 13.3 Å². The van der Waals surface area contributed by atoms with Crippen molar-refractivity contribution in [3.8, 4) is 5.75 Å². The minimum Gasteiger partial charge on any atom is -0.492 e. The van der Waals surface area contributed by atoms with Crippen LogP contribution in [0.3, 0.4) is 0 Å². The third kappa shape index (κ3) is 3.10. The average molecular weight is 277 g/mol. The van der Waals surface area contributed by atoms with E-state index in [1.165, 1.54) is 4.90 Å². The van der Waals surface area contributed by atoms with Crippen molar-refractivity contribution < 1.29 is 19.4 Å². The monoisotopic (exact) mass is 277 g/mol. The van der Waals surface area contributed by atoms with E-state index < -0.39 is 11.9 Å². The first-order valence-electron chi connectivity index (χ1n) is 6.67. The van der Waals surface area contributed by atoms with Crippen LogP contribution in [0.25, 0.3) is 0 Å². The number of aliphatic carboxylic acids is 1. The number of rotatable bonds is 4. The molecule has 1 aliphatic rings. The molecular formula is C15H19NO4. The van der Waals surface area contributed by atoms with E-state index in [1.807, 2.05) is 24.3 Å². The summed E-state index contributed by atoms with van der Waals surface area (Å²) in [6.45, 7) is 2.16. The highest BCUT2D eigenvalue weighted by atomic mass is 16.5. The summed E-state index contributed by atoms with van der Waals surface area (Å²) < 4.78 is 5.60. The molecule has 2 atom stereocenters. The van der Waals surface area contributed by atoms with E-state index in [0.717, 1.165) is 11.3 Å². The molecular weight excluding hydrogens is 258 g/mol. The second-order valence-electron chi connectivity index (χ2n) is 5.28. The van der Waals surface area contributed by atoms with Gasteiger partial charge in [-0.25, -0.2) is 0 Å². The molecule has 1 N–H and O–H groups in total. The van der Waals surface area contributed by atoms with Gasteiger partial charge in [0.2, 0.25) is 5.91 Å². The maximum absolute atomic E-state index is 12.3. The Morgan fingerprint density at radius 1 is 1.45 bits per heavy atom. The van der Waals surface area contributed by atoms with Crippen molar-refractivity contribution in [2.24, 2.45) is 11.8 Å². The van der Waals surface area contributed by atoms with Gasteiger partial charge in [-0.2, -0.15) is 0 Å². The Hall–Kier alpha value is -2.04. The number of ether oxygens (including phenoxy) is 1. The van der Waals surface area contributed by atoms with Crippen molar-refractivity contribution in [1.29, 1.82) is 0 Å². The lowest BCUT2D eigenvalue weighted by Crippen LogP contribution is -2.41. The van der Waals surface area contributed by atoms with Gasteiger partial charge in [-0.3, -0.25) is 9.59 Å². The molecule has 1 aromatic carbocycles. The van der Waals surface area contributed by atoms with Crippen LogP contribution in [-0.4, -0.2) is 42.1 Å². The normalized spacial score (nSPS) is 18.6. The number of carbonyl (C=O) groups is 2. The number of amides is 1. The third-order valence-corrected chi connectivity index (χ3v) is 3.57. The summed E-state index contributed by atoms with van der Waals surface area (Å²) in [6, 6.07) is 7.67. The van der Waals surface area contributed by atoms with Gasteiger partial charge in [0.25, 0.3) is 0 Å². The molecule has 20 heavy (non-hydrogen) atoms. The topological polar surface area (TPSA) is 66.8 Å². The number of para-hydroxylation sites is 1. The Balaban J connectivity index is 1.99. The number of hydrogen-bond acceptors (Lipinski definition) is 3. The summed E-state index contributed by atoms with van der Waals surface area (Å²) in [5.74, 6) is -0.933.